The largest absolute Gasteiger partial charge is 0.479 e. The molecule has 1 aromatic rings. The van der Waals surface area contributed by atoms with Gasteiger partial charge in [-0.25, -0.2) is 13.2 Å². The second-order valence-electron chi connectivity index (χ2n) is 6.07. The van der Waals surface area contributed by atoms with E-state index in [1.54, 1.807) is 12.1 Å². The van der Waals surface area contributed by atoms with Gasteiger partial charge in [0.25, 0.3) is 5.91 Å². The lowest BCUT2D eigenvalue weighted by Crippen LogP contribution is -2.54. The zero-order chi connectivity index (χ0) is 17.5. The molecule has 130 valence electrons. The number of benzene rings is 1. The second-order valence-corrected chi connectivity index (χ2v) is 9.08. The number of sulfonamides is 1. The molecule has 3 rings (SSSR count). The Morgan fingerprint density at radius 2 is 2.12 bits per heavy atom. The van der Waals surface area contributed by atoms with E-state index in [0.29, 0.717) is 42.1 Å². The first-order valence-corrected chi connectivity index (χ1v) is 10.5. The fraction of sp³-hybridized carbons (Fsp3) is 0.467. The molecular weight excluding hydrogens is 352 g/mol. The quantitative estimate of drug-likeness (QED) is 0.809. The van der Waals surface area contributed by atoms with E-state index < -0.39 is 27.4 Å². The molecule has 0 spiro atoms. The highest BCUT2D eigenvalue weighted by Gasteiger charge is 2.43. The molecule has 2 aliphatic rings. The molecule has 1 atom stereocenters. The van der Waals surface area contributed by atoms with Crippen molar-refractivity contribution in [3.8, 4) is 0 Å². The molecule has 0 bridgehead atoms. The van der Waals surface area contributed by atoms with Crippen LogP contribution in [-0.4, -0.2) is 55.2 Å². The third-order valence-electron chi connectivity index (χ3n) is 4.38. The number of fused-ring (bicyclic) bond motifs is 1. The molecule has 2 aliphatic heterocycles. The summed E-state index contributed by atoms with van der Waals surface area (Å²) in [5.74, 6) is -0.424. The summed E-state index contributed by atoms with van der Waals surface area (Å²) in [4.78, 5) is 24.0. The summed E-state index contributed by atoms with van der Waals surface area (Å²) in [5.41, 5.74) is 0.484. The summed E-state index contributed by atoms with van der Waals surface area (Å²) in [5, 5.41) is 12.1. The first kappa shape index (κ1) is 17.1. The van der Waals surface area contributed by atoms with Crippen molar-refractivity contribution in [2.45, 2.75) is 18.4 Å². The van der Waals surface area contributed by atoms with Gasteiger partial charge in [-0.1, -0.05) is 0 Å². The van der Waals surface area contributed by atoms with Crippen LogP contribution in [0.25, 0.3) is 0 Å². The summed E-state index contributed by atoms with van der Waals surface area (Å²) >= 11 is 1.50. The lowest BCUT2D eigenvalue weighted by Gasteiger charge is -2.24. The van der Waals surface area contributed by atoms with Gasteiger partial charge in [0.15, 0.2) is 0 Å². The Hall–Kier alpha value is -1.74. The molecule has 2 N–H and O–H groups in total. The van der Waals surface area contributed by atoms with Gasteiger partial charge in [0.2, 0.25) is 10.0 Å². The highest BCUT2D eigenvalue weighted by molar-refractivity contribution is 7.99. The number of carboxylic acid groups (broad SMARTS) is 1. The maximum atomic E-state index is 12.5. The van der Waals surface area contributed by atoms with Gasteiger partial charge < -0.3 is 10.4 Å². The van der Waals surface area contributed by atoms with Crippen LogP contribution in [0, 0.1) is 0 Å². The zero-order valence-electron chi connectivity index (χ0n) is 13.1. The first-order valence-electron chi connectivity index (χ1n) is 7.47. The molecule has 1 amide bonds. The van der Waals surface area contributed by atoms with Crippen molar-refractivity contribution in [1.82, 2.24) is 5.32 Å². The van der Waals surface area contributed by atoms with Crippen LogP contribution < -0.4 is 9.62 Å². The standard InChI is InChI=1S/C15H18N2O5S2/c1-24(21,22)17-6-4-10-8-11(2-3-12(10)17)13(18)16-15(14(19)20)5-7-23-9-15/h2-3,8H,4-7,9H2,1H3,(H,16,18)(H,19,20). The van der Waals surface area contributed by atoms with E-state index in [2.05, 4.69) is 5.32 Å². The van der Waals surface area contributed by atoms with E-state index >= 15 is 0 Å². The molecule has 1 aromatic carbocycles. The lowest BCUT2D eigenvalue weighted by molar-refractivity contribution is -0.143. The van der Waals surface area contributed by atoms with Gasteiger partial charge in [-0.2, -0.15) is 11.8 Å². The predicted octanol–water partition coefficient (Wildman–Crippen LogP) is 0.699. The third kappa shape index (κ3) is 2.98. The Kier molecular flexibility index (Phi) is 4.25. The number of thioether (sulfide) groups is 1. The minimum Gasteiger partial charge on any atom is -0.479 e. The monoisotopic (exact) mass is 370 g/mol. The average molecular weight is 370 g/mol. The summed E-state index contributed by atoms with van der Waals surface area (Å²) in [6.45, 7) is 0.356. The van der Waals surface area contributed by atoms with Gasteiger partial charge in [0, 0.05) is 17.9 Å². The van der Waals surface area contributed by atoms with Crippen LogP contribution in [0.15, 0.2) is 18.2 Å². The van der Waals surface area contributed by atoms with Crippen LogP contribution in [0.3, 0.4) is 0 Å². The van der Waals surface area contributed by atoms with Crippen molar-refractivity contribution in [1.29, 1.82) is 0 Å². The number of hydrogen-bond acceptors (Lipinski definition) is 5. The van der Waals surface area contributed by atoms with Gasteiger partial charge in [-0.15, -0.1) is 0 Å². The zero-order valence-corrected chi connectivity index (χ0v) is 14.7. The molecular formula is C15H18N2O5S2. The van der Waals surface area contributed by atoms with Crippen molar-refractivity contribution in [3.63, 3.8) is 0 Å². The predicted molar refractivity (Wildman–Crippen MR) is 92.1 cm³/mol. The molecule has 0 aromatic heterocycles. The number of carbonyl (C=O) groups excluding carboxylic acids is 1. The number of amides is 1. The highest BCUT2D eigenvalue weighted by atomic mass is 32.2. The van der Waals surface area contributed by atoms with Gasteiger partial charge in [-0.05, 0) is 42.4 Å². The normalized spacial score (nSPS) is 23.1. The SMILES string of the molecule is CS(=O)(=O)N1CCc2cc(C(=O)NC3(C(=O)O)CCSC3)ccc21. The molecule has 9 heteroatoms. The van der Waals surface area contributed by atoms with Crippen LogP contribution in [0.4, 0.5) is 5.69 Å². The van der Waals surface area contributed by atoms with Crippen LogP contribution >= 0.6 is 11.8 Å². The molecule has 7 nitrogen and oxygen atoms in total. The number of anilines is 1. The Labute approximate surface area is 144 Å². The molecule has 24 heavy (non-hydrogen) atoms. The maximum Gasteiger partial charge on any atom is 0.330 e. The van der Waals surface area contributed by atoms with Crippen molar-refractivity contribution < 1.29 is 23.1 Å². The van der Waals surface area contributed by atoms with E-state index in [-0.39, 0.29) is 0 Å². The van der Waals surface area contributed by atoms with Crippen molar-refractivity contribution >= 4 is 39.3 Å². The first-order chi connectivity index (χ1) is 11.2. The number of hydrogen-bond donors (Lipinski definition) is 2. The number of rotatable bonds is 4. The van der Waals surface area contributed by atoms with Crippen LogP contribution in [-0.2, 0) is 21.2 Å². The van der Waals surface area contributed by atoms with Gasteiger partial charge in [-0.3, -0.25) is 9.10 Å². The molecule has 2 heterocycles. The van der Waals surface area contributed by atoms with Gasteiger partial charge >= 0.3 is 5.97 Å². The fourth-order valence-corrected chi connectivity index (χ4v) is 5.32. The minimum atomic E-state index is -3.34. The number of aliphatic carboxylic acids is 1. The molecule has 0 radical (unpaired) electrons. The summed E-state index contributed by atoms with van der Waals surface area (Å²) in [6.07, 6.45) is 2.08. The number of carbonyl (C=O) groups is 2. The average Bonchev–Trinajstić information content (AvgIpc) is 3.12. The van der Waals surface area contributed by atoms with Crippen molar-refractivity contribution in [2.24, 2.45) is 0 Å². The van der Waals surface area contributed by atoms with E-state index in [9.17, 15) is 23.1 Å². The van der Waals surface area contributed by atoms with Gasteiger partial charge in [0.1, 0.15) is 5.54 Å². The minimum absolute atomic E-state index is 0.348. The van der Waals surface area contributed by atoms with Crippen molar-refractivity contribution in [3.05, 3.63) is 29.3 Å². The van der Waals surface area contributed by atoms with Crippen molar-refractivity contribution in [2.75, 3.05) is 28.6 Å². The third-order valence-corrected chi connectivity index (χ3v) is 6.75. The number of nitrogens with zero attached hydrogens (tertiary/aromatic N) is 1. The second kappa shape index (κ2) is 5.96. The Balaban J connectivity index is 1.84. The van der Waals surface area contributed by atoms with E-state index in [1.807, 2.05) is 0 Å². The Morgan fingerprint density at radius 3 is 2.71 bits per heavy atom. The molecule has 0 aliphatic carbocycles. The number of nitrogens with one attached hydrogen (secondary N) is 1. The van der Waals surface area contributed by atoms with E-state index in [0.717, 1.165) is 11.8 Å². The van der Waals surface area contributed by atoms with E-state index in [1.165, 1.54) is 22.1 Å². The van der Waals surface area contributed by atoms with Crippen LogP contribution in [0.2, 0.25) is 0 Å². The van der Waals surface area contributed by atoms with E-state index in [4.69, 9.17) is 0 Å². The maximum absolute atomic E-state index is 12.5. The van der Waals surface area contributed by atoms with Crippen LogP contribution in [0.5, 0.6) is 0 Å². The highest BCUT2D eigenvalue weighted by Crippen LogP contribution is 2.32. The Bertz CT molecular complexity index is 800. The fourth-order valence-electron chi connectivity index (χ4n) is 3.03. The summed E-state index contributed by atoms with van der Waals surface area (Å²) in [7, 11) is -3.34. The summed E-state index contributed by atoms with van der Waals surface area (Å²) < 4.78 is 24.8. The topological polar surface area (TPSA) is 104 Å². The molecule has 1 saturated heterocycles. The Morgan fingerprint density at radius 1 is 1.38 bits per heavy atom. The number of carboxylic acids is 1. The molecule has 0 saturated carbocycles. The molecule has 1 unspecified atom stereocenters. The van der Waals surface area contributed by atoms with Crippen LogP contribution in [0.1, 0.15) is 22.3 Å². The molecule has 1 fully saturated rings. The summed E-state index contributed by atoms with van der Waals surface area (Å²) in [6, 6.07) is 4.79. The van der Waals surface area contributed by atoms with Gasteiger partial charge in [0.05, 0.1) is 11.9 Å². The lowest BCUT2D eigenvalue weighted by atomic mass is 9.98. The smallest absolute Gasteiger partial charge is 0.330 e.